The fraction of sp³-hybridized carbons (Fsp3) is 0.133. The molecule has 0 atom stereocenters. The van der Waals surface area contributed by atoms with Gasteiger partial charge >= 0.3 is 6.18 Å². The first kappa shape index (κ1) is 15.8. The standard InChI is InChI=1S/C15H11F4NO2/c1-8-4-9(15(17,18)19)6-11(5-8)20-14(22)12-7-10(16)2-3-13(12)21/h2-7,21H,1H3,(H,20,22). The molecule has 22 heavy (non-hydrogen) atoms. The molecule has 0 aliphatic heterocycles. The molecule has 0 aliphatic rings. The Labute approximate surface area is 123 Å². The largest absolute Gasteiger partial charge is 0.507 e. The Morgan fingerprint density at radius 3 is 2.45 bits per heavy atom. The lowest BCUT2D eigenvalue weighted by Crippen LogP contribution is -2.14. The van der Waals surface area contributed by atoms with Crippen LogP contribution in [0.2, 0.25) is 0 Å². The molecule has 2 aromatic carbocycles. The molecule has 3 nitrogen and oxygen atoms in total. The van der Waals surface area contributed by atoms with Gasteiger partial charge in [-0.05, 0) is 48.9 Å². The van der Waals surface area contributed by atoms with E-state index in [-0.39, 0.29) is 11.3 Å². The number of benzene rings is 2. The van der Waals surface area contributed by atoms with Gasteiger partial charge in [0.1, 0.15) is 11.6 Å². The minimum absolute atomic E-state index is 0.0963. The average Bonchev–Trinajstić information content (AvgIpc) is 2.39. The zero-order valence-corrected chi connectivity index (χ0v) is 11.3. The number of nitrogens with one attached hydrogen (secondary N) is 1. The highest BCUT2D eigenvalue weighted by molar-refractivity contribution is 6.06. The lowest BCUT2D eigenvalue weighted by molar-refractivity contribution is -0.137. The van der Waals surface area contributed by atoms with E-state index >= 15 is 0 Å². The highest BCUT2D eigenvalue weighted by atomic mass is 19.4. The fourth-order valence-corrected chi connectivity index (χ4v) is 1.91. The molecule has 116 valence electrons. The number of halogens is 4. The molecule has 2 aromatic rings. The summed E-state index contributed by atoms with van der Waals surface area (Å²) in [4.78, 5) is 11.9. The minimum atomic E-state index is -4.55. The SMILES string of the molecule is Cc1cc(NC(=O)c2cc(F)ccc2O)cc(C(F)(F)F)c1. The lowest BCUT2D eigenvalue weighted by Gasteiger charge is -2.12. The van der Waals surface area contributed by atoms with E-state index in [1.54, 1.807) is 0 Å². The summed E-state index contributed by atoms with van der Waals surface area (Å²) in [6.07, 6.45) is -4.55. The van der Waals surface area contributed by atoms with Crippen molar-refractivity contribution in [3.63, 3.8) is 0 Å². The number of anilines is 1. The molecule has 2 rings (SSSR count). The second-order valence-electron chi connectivity index (χ2n) is 4.70. The van der Waals surface area contributed by atoms with Crippen molar-refractivity contribution in [3.8, 4) is 5.75 Å². The molecule has 2 N–H and O–H groups in total. The summed E-state index contributed by atoms with van der Waals surface area (Å²) >= 11 is 0. The summed E-state index contributed by atoms with van der Waals surface area (Å²) in [7, 11) is 0. The third kappa shape index (κ3) is 3.55. The van der Waals surface area contributed by atoms with Gasteiger partial charge in [-0.1, -0.05) is 0 Å². The molecule has 0 saturated carbocycles. The van der Waals surface area contributed by atoms with Gasteiger partial charge in [0.15, 0.2) is 0 Å². The van der Waals surface area contributed by atoms with Crippen LogP contribution in [0.4, 0.5) is 23.2 Å². The number of carbonyl (C=O) groups is 1. The molecule has 0 bridgehead atoms. The van der Waals surface area contributed by atoms with Crippen LogP contribution in [0.15, 0.2) is 36.4 Å². The number of phenolic OH excluding ortho intramolecular Hbond substituents is 1. The quantitative estimate of drug-likeness (QED) is 0.820. The number of carbonyl (C=O) groups excluding carboxylic acids is 1. The molecule has 0 aliphatic carbocycles. The van der Waals surface area contributed by atoms with E-state index in [0.29, 0.717) is 5.56 Å². The molecule has 0 radical (unpaired) electrons. The van der Waals surface area contributed by atoms with Crippen LogP contribution in [0.25, 0.3) is 0 Å². The van der Waals surface area contributed by atoms with Crippen molar-refractivity contribution in [2.24, 2.45) is 0 Å². The van der Waals surface area contributed by atoms with Gasteiger partial charge in [-0.3, -0.25) is 4.79 Å². The minimum Gasteiger partial charge on any atom is -0.507 e. The van der Waals surface area contributed by atoms with Gasteiger partial charge in [0.25, 0.3) is 5.91 Å². The monoisotopic (exact) mass is 313 g/mol. The topological polar surface area (TPSA) is 49.3 Å². The van der Waals surface area contributed by atoms with Crippen LogP contribution in [-0.2, 0) is 6.18 Å². The fourth-order valence-electron chi connectivity index (χ4n) is 1.91. The summed E-state index contributed by atoms with van der Waals surface area (Å²) in [6, 6.07) is 5.79. The predicted molar refractivity (Wildman–Crippen MR) is 72.2 cm³/mol. The Balaban J connectivity index is 2.32. The van der Waals surface area contributed by atoms with Crippen molar-refractivity contribution in [2.45, 2.75) is 13.1 Å². The van der Waals surface area contributed by atoms with Crippen molar-refractivity contribution in [2.75, 3.05) is 5.32 Å². The Morgan fingerprint density at radius 2 is 1.82 bits per heavy atom. The van der Waals surface area contributed by atoms with Gasteiger partial charge in [-0.25, -0.2) is 4.39 Å². The Morgan fingerprint density at radius 1 is 1.14 bits per heavy atom. The number of hydrogen-bond acceptors (Lipinski definition) is 2. The third-order valence-corrected chi connectivity index (χ3v) is 2.87. The third-order valence-electron chi connectivity index (χ3n) is 2.87. The van der Waals surface area contributed by atoms with E-state index in [1.165, 1.54) is 13.0 Å². The van der Waals surface area contributed by atoms with Gasteiger partial charge in [-0.2, -0.15) is 13.2 Å². The summed E-state index contributed by atoms with van der Waals surface area (Å²) < 4.78 is 51.3. The first-order valence-corrected chi connectivity index (χ1v) is 6.15. The molecule has 0 spiro atoms. The van der Waals surface area contributed by atoms with Crippen LogP contribution in [0.5, 0.6) is 5.75 Å². The number of alkyl halides is 3. The summed E-state index contributed by atoms with van der Waals surface area (Å²) in [5.74, 6) is -2.12. The van der Waals surface area contributed by atoms with Gasteiger partial charge in [0.2, 0.25) is 0 Å². The van der Waals surface area contributed by atoms with Crippen molar-refractivity contribution in [1.82, 2.24) is 0 Å². The highest BCUT2D eigenvalue weighted by Gasteiger charge is 2.31. The van der Waals surface area contributed by atoms with Crippen LogP contribution in [-0.4, -0.2) is 11.0 Å². The van der Waals surface area contributed by atoms with Crippen LogP contribution in [0.1, 0.15) is 21.5 Å². The average molecular weight is 313 g/mol. The van der Waals surface area contributed by atoms with Crippen molar-refractivity contribution in [1.29, 1.82) is 0 Å². The van der Waals surface area contributed by atoms with Crippen LogP contribution in [0, 0.1) is 12.7 Å². The van der Waals surface area contributed by atoms with E-state index in [1.807, 2.05) is 0 Å². The predicted octanol–water partition coefficient (Wildman–Crippen LogP) is 4.11. The number of hydrogen-bond donors (Lipinski definition) is 2. The van der Waals surface area contributed by atoms with E-state index in [0.717, 1.165) is 30.3 Å². The summed E-state index contributed by atoms with van der Waals surface area (Å²) in [5, 5.41) is 11.7. The second-order valence-corrected chi connectivity index (χ2v) is 4.70. The van der Waals surface area contributed by atoms with Crippen LogP contribution >= 0.6 is 0 Å². The van der Waals surface area contributed by atoms with Gasteiger partial charge in [-0.15, -0.1) is 0 Å². The summed E-state index contributed by atoms with van der Waals surface area (Å²) in [5.41, 5.74) is -1.07. The maximum Gasteiger partial charge on any atom is 0.416 e. The van der Waals surface area contributed by atoms with Gasteiger partial charge in [0.05, 0.1) is 11.1 Å². The zero-order chi connectivity index (χ0) is 16.5. The molecule has 0 saturated heterocycles. The maximum absolute atomic E-state index is 13.1. The zero-order valence-electron chi connectivity index (χ0n) is 11.3. The van der Waals surface area contributed by atoms with Crippen molar-refractivity contribution in [3.05, 3.63) is 58.9 Å². The molecular formula is C15H11F4NO2. The van der Waals surface area contributed by atoms with Crippen LogP contribution < -0.4 is 5.32 Å². The number of rotatable bonds is 2. The Bertz CT molecular complexity index is 726. The summed E-state index contributed by atoms with van der Waals surface area (Å²) in [6.45, 7) is 1.45. The van der Waals surface area contributed by atoms with Crippen LogP contribution in [0.3, 0.4) is 0 Å². The molecule has 0 fully saturated rings. The molecule has 7 heteroatoms. The second kappa shape index (κ2) is 5.67. The van der Waals surface area contributed by atoms with Gasteiger partial charge in [0, 0.05) is 5.69 Å². The number of aromatic hydroxyl groups is 1. The van der Waals surface area contributed by atoms with E-state index in [2.05, 4.69) is 5.32 Å². The van der Waals surface area contributed by atoms with Crippen molar-refractivity contribution >= 4 is 11.6 Å². The molecule has 0 heterocycles. The number of amides is 1. The smallest absolute Gasteiger partial charge is 0.416 e. The van der Waals surface area contributed by atoms with Crippen molar-refractivity contribution < 1.29 is 27.5 Å². The number of aryl methyl sites for hydroxylation is 1. The maximum atomic E-state index is 13.1. The Hall–Kier alpha value is -2.57. The number of phenols is 1. The molecular weight excluding hydrogens is 302 g/mol. The van der Waals surface area contributed by atoms with E-state index in [4.69, 9.17) is 0 Å². The van der Waals surface area contributed by atoms with E-state index < -0.39 is 29.2 Å². The molecule has 0 aromatic heterocycles. The first-order chi connectivity index (χ1) is 10.2. The van der Waals surface area contributed by atoms with E-state index in [9.17, 15) is 27.5 Å². The lowest BCUT2D eigenvalue weighted by atomic mass is 10.1. The highest BCUT2D eigenvalue weighted by Crippen LogP contribution is 2.32. The molecule has 1 amide bonds. The normalized spacial score (nSPS) is 11.3. The first-order valence-electron chi connectivity index (χ1n) is 6.15. The molecule has 0 unspecified atom stereocenters. The Kier molecular flexibility index (Phi) is 4.07. The van der Waals surface area contributed by atoms with Gasteiger partial charge < -0.3 is 10.4 Å².